The fraction of sp³-hybridized carbons (Fsp3) is 0.571. The number of benzene rings is 1. The molecule has 152 valence electrons. The van der Waals surface area contributed by atoms with Gasteiger partial charge in [-0.25, -0.2) is 17.5 Å². The number of hydrogen-bond acceptors (Lipinski definition) is 4. The van der Waals surface area contributed by atoms with E-state index in [9.17, 15) is 26.0 Å². The molecule has 0 radical (unpaired) electrons. The van der Waals surface area contributed by atoms with Crippen LogP contribution >= 0.6 is 24.8 Å². The highest BCUT2D eigenvalue weighted by atomic mass is 35.5. The van der Waals surface area contributed by atoms with Crippen LogP contribution in [-0.4, -0.2) is 52.6 Å². The lowest BCUT2D eigenvalue weighted by atomic mass is 10.2. The van der Waals surface area contributed by atoms with E-state index in [1.807, 2.05) is 0 Å². The first-order valence-corrected chi connectivity index (χ1v) is 8.98. The molecule has 0 unspecified atom stereocenters. The molecule has 0 saturated carbocycles. The topological polar surface area (TPSA) is 61.4 Å². The zero-order valence-corrected chi connectivity index (χ0v) is 16.1. The van der Waals surface area contributed by atoms with Gasteiger partial charge in [0.1, 0.15) is 10.7 Å². The number of alkyl halides is 3. The Kier molecular flexibility index (Phi) is 10.4. The lowest BCUT2D eigenvalue weighted by Gasteiger charge is -2.27. The molecule has 12 heteroatoms. The van der Waals surface area contributed by atoms with Crippen molar-refractivity contribution in [2.24, 2.45) is 0 Å². The van der Waals surface area contributed by atoms with E-state index >= 15 is 0 Å². The van der Waals surface area contributed by atoms with Gasteiger partial charge in [-0.2, -0.15) is 13.2 Å². The summed E-state index contributed by atoms with van der Waals surface area (Å²) in [5.74, 6) is -1.21. The molecule has 5 nitrogen and oxygen atoms in total. The zero-order valence-electron chi connectivity index (χ0n) is 13.7. The molecule has 1 fully saturated rings. The van der Waals surface area contributed by atoms with Crippen LogP contribution < -0.4 is 10.0 Å². The zero-order chi connectivity index (χ0) is 17.8. The maximum atomic E-state index is 13.7. The third-order valence-electron chi connectivity index (χ3n) is 3.70. The Balaban J connectivity index is 0.00000312. The standard InChI is InChI=1S/C14H19F4N3O2S.2ClH/c15-12-3-2-11(14(16,17)18)10-13(12)24(22,23)20-4-1-7-21-8-5-19-6-9-21;;/h2-3,10,19-20H,1,4-9H2;2*1H. The van der Waals surface area contributed by atoms with Crippen LogP contribution in [-0.2, 0) is 16.2 Å². The molecule has 26 heavy (non-hydrogen) atoms. The minimum absolute atomic E-state index is 0. The summed E-state index contributed by atoms with van der Waals surface area (Å²) < 4.78 is 77.8. The number of sulfonamides is 1. The first-order chi connectivity index (χ1) is 11.2. The van der Waals surface area contributed by atoms with Gasteiger partial charge in [0, 0.05) is 32.7 Å². The average molecular weight is 442 g/mol. The van der Waals surface area contributed by atoms with E-state index in [0.717, 1.165) is 26.2 Å². The van der Waals surface area contributed by atoms with Crippen LogP contribution in [0.2, 0.25) is 0 Å². The van der Waals surface area contributed by atoms with Crippen LogP contribution in [0.3, 0.4) is 0 Å². The summed E-state index contributed by atoms with van der Waals surface area (Å²) in [6.45, 7) is 4.13. The molecule has 0 atom stereocenters. The van der Waals surface area contributed by atoms with Crippen molar-refractivity contribution in [1.29, 1.82) is 0 Å². The molecule has 1 aromatic carbocycles. The van der Waals surface area contributed by atoms with Gasteiger partial charge in [-0.15, -0.1) is 24.8 Å². The van der Waals surface area contributed by atoms with Gasteiger partial charge in [0.2, 0.25) is 10.0 Å². The van der Waals surface area contributed by atoms with Crippen molar-refractivity contribution in [2.75, 3.05) is 39.3 Å². The van der Waals surface area contributed by atoms with Crippen molar-refractivity contribution < 1.29 is 26.0 Å². The predicted octanol–water partition coefficient (Wildman–Crippen LogP) is 2.26. The summed E-state index contributed by atoms with van der Waals surface area (Å²) >= 11 is 0. The van der Waals surface area contributed by atoms with E-state index in [1.165, 1.54) is 0 Å². The molecule has 1 aliphatic heterocycles. The van der Waals surface area contributed by atoms with E-state index in [2.05, 4.69) is 14.9 Å². The first kappa shape index (κ1) is 25.4. The van der Waals surface area contributed by atoms with Crippen molar-refractivity contribution >= 4 is 34.8 Å². The molecule has 0 aromatic heterocycles. The van der Waals surface area contributed by atoms with Gasteiger partial charge in [0.25, 0.3) is 0 Å². The molecular formula is C14H21Cl2F4N3O2S. The number of hydrogen-bond donors (Lipinski definition) is 2. The van der Waals surface area contributed by atoms with E-state index in [1.54, 1.807) is 0 Å². The number of nitrogens with zero attached hydrogens (tertiary/aromatic N) is 1. The Morgan fingerprint density at radius 3 is 2.35 bits per heavy atom. The summed E-state index contributed by atoms with van der Waals surface area (Å²) in [6, 6.07) is 1.34. The molecule has 2 rings (SSSR count). The number of halogens is 6. The van der Waals surface area contributed by atoms with Gasteiger partial charge in [-0.3, -0.25) is 0 Å². The van der Waals surface area contributed by atoms with Crippen LogP contribution in [0.25, 0.3) is 0 Å². The van der Waals surface area contributed by atoms with Crippen molar-refractivity contribution in [3.8, 4) is 0 Å². The largest absolute Gasteiger partial charge is 0.416 e. The Morgan fingerprint density at radius 2 is 1.77 bits per heavy atom. The molecule has 1 aromatic rings. The number of rotatable bonds is 6. The van der Waals surface area contributed by atoms with E-state index in [0.29, 0.717) is 31.2 Å². The fourth-order valence-electron chi connectivity index (χ4n) is 2.41. The highest BCUT2D eigenvalue weighted by molar-refractivity contribution is 7.89. The molecule has 0 spiro atoms. The summed E-state index contributed by atoms with van der Waals surface area (Å²) in [5, 5.41) is 3.19. The Hall–Kier alpha value is -0.650. The van der Waals surface area contributed by atoms with Crippen molar-refractivity contribution in [2.45, 2.75) is 17.5 Å². The lowest BCUT2D eigenvalue weighted by molar-refractivity contribution is -0.137. The van der Waals surface area contributed by atoms with Crippen molar-refractivity contribution in [3.05, 3.63) is 29.6 Å². The lowest BCUT2D eigenvalue weighted by Crippen LogP contribution is -2.44. The Morgan fingerprint density at radius 1 is 1.15 bits per heavy atom. The van der Waals surface area contributed by atoms with Gasteiger partial charge in [-0.05, 0) is 31.2 Å². The second-order valence-corrected chi connectivity index (χ2v) is 7.22. The monoisotopic (exact) mass is 441 g/mol. The maximum Gasteiger partial charge on any atom is 0.416 e. The Bertz CT molecular complexity index is 669. The van der Waals surface area contributed by atoms with Gasteiger partial charge < -0.3 is 10.2 Å². The molecular weight excluding hydrogens is 421 g/mol. The molecule has 0 amide bonds. The minimum atomic E-state index is -4.74. The van der Waals surface area contributed by atoms with Crippen LogP contribution in [0.4, 0.5) is 17.6 Å². The predicted molar refractivity (Wildman–Crippen MR) is 95.0 cm³/mol. The SMILES string of the molecule is Cl.Cl.O=S(=O)(NCCCN1CCNCC1)c1cc(C(F)(F)F)ccc1F. The second-order valence-electron chi connectivity index (χ2n) is 5.49. The number of piperazine rings is 1. The molecule has 2 N–H and O–H groups in total. The second kappa shape index (κ2) is 10.6. The van der Waals surface area contributed by atoms with Crippen molar-refractivity contribution in [1.82, 2.24) is 14.9 Å². The number of nitrogens with one attached hydrogen (secondary N) is 2. The van der Waals surface area contributed by atoms with Crippen LogP contribution in [0.5, 0.6) is 0 Å². The third kappa shape index (κ3) is 7.16. The van der Waals surface area contributed by atoms with E-state index < -0.39 is 32.5 Å². The van der Waals surface area contributed by atoms with Gasteiger partial charge >= 0.3 is 6.18 Å². The van der Waals surface area contributed by atoms with Crippen LogP contribution in [0, 0.1) is 5.82 Å². The van der Waals surface area contributed by atoms with Crippen LogP contribution in [0.1, 0.15) is 12.0 Å². The highest BCUT2D eigenvalue weighted by Crippen LogP contribution is 2.31. The minimum Gasteiger partial charge on any atom is -0.314 e. The van der Waals surface area contributed by atoms with Gasteiger partial charge in [0.05, 0.1) is 5.56 Å². The maximum absolute atomic E-state index is 13.7. The Labute approximate surface area is 162 Å². The van der Waals surface area contributed by atoms with Gasteiger partial charge in [-0.1, -0.05) is 0 Å². The van der Waals surface area contributed by atoms with Gasteiger partial charge in [0.15, 0.2) is 0 Å². The fourth-order valence-corrected chi connectivity index (χ4v) is 3.58. The highest BCUT2D eigenvalue weighted by Gasteiger charge is 2.33. The average Bonchev–Trinajstić information content (AvgIpc) is 2.52. The van der Waals surface area contributed by atoms with Crippen LogP contribution in [0.15, 0.2) is 23.1 Å². The molecule has 1 saturated heterocycles. The first-order valence-electron chi connectivity index (χ1n) is 7.49. The summed E-state index contributed by atoms with van der Waals surface area (Å²) in [4.78, 5) is 1.16. The summed E-state index contributed by atoms with van der Waals surface area (Å²) in [6.07, 6.45) is -4.25. The summed E-state index contributed by atoms with van der Waals surface area (Å²) in [5.41, 5.74) is -1.20. The smallest absolute Gasteiger partial charge is 0.314 e. The van der Waals surface area contributed by atoms with Crippen molar-refractivity contribution in [3.63, 3.8) is 0 Å². The molecule has 0 aliphatic carbocycles. The van der Waals surface area contributed by atoms with E-state index in [4.69, 9.17) is 0 Å². The molecule has 1 aliphatic rings. The summed E-state index contributed by atoms with van der Waals surface area (Å²) in [7, 11) is -4.33. The van der Waals surface area contributed by atoms with E-state index in [-0.39, 0.29) is 31.4 Å². The molecule has 1 heterocycles. The third-order valence-corrected chi connectivity index (χ3v) is 5.18. The quantitative estimate of drug-likeness (QED) is 0.524. The molecule has 0 bridgehead atoms. The normalized spacial score (nSPS) is 15.8.